The molecule has 1 fully saturated rings. The monoisotopic (exact) mass is 246 g/mol. The van der Waals surface area contributed by atoms with Gasteiger partial charge in [0.15, 0.2) is 9.84 Å². The van der Waals surface area contributed by atoms with E-state index in [0.29, 0.717) is 18.1 Å². The highest BCUT2D eigenvalue weighted by molar-refractivity contribution is 7.91. The Balaban J connectivity index is 2.38. The zero-order chi connectivity index (χ0) is 12.1. The molecule has 0 N–H and O–H groups in total. The van der Waals surface area contributed by atoms with Crippen molar-refractivity contribution in [2.45, 2.75) is 39.5 Å². The first-order chi connectivity index (χ1) is 7.54. The van der Waals surface area contributed by atoms with E-state index in [0.717, 1.165) is 25.7 Å². The Bertz CT molecular complexity index is 332. The number of hydrogen-bond acceptors (Lipinski definition) is 3. The molecule has 3 nitrogen and oxygen atoms in total. The molecule has 0 aromatic carbocycles. The summed E-state index contributed by atoms with van der Waals surface area (Å²) < 4.78 is 28.2. The first-order valence-corrected chi connectivity index (χ1v) is 7.79. The van der Waals surface area contributed by atoms with Gasteiger partial charge in [-0.1, -0.05) is 13.0 Å². The average molecular weight is 246 g/mol. The summed E-state index contributed by atoms with van der Waals surface area (Å²) in [6.45, 7) is 4.69. The van der Waals surface area contributed by atoms with E-state index in [2.05, 4.69) is 6.92 Å². The molecule has 1 heterocycles. The second-order valence-electron chi connectivity index (χ2n) is 4.64. The fraction of sp³-hybridized carbons (Fsp3) is 0.833. The molecule has 4 heteroatoms. The Morgan fingerprint density at radius 3 is 2.69 bits per heavy atom. The molecule has 0 spiro atoms. The van der Waals surface area contributed by atoms with E-state index in [1.165, 1.54) is 0 Å². The van der Waals surface area contributed by atoms with E-state index in [9.17, 15) is 8.42 Å². The lowest BCUT2D eigenvalue weighted by Crippen LogP contribution is -2.21. The highest BCUT2D eigenvalue weighted by Gasteiger charge is 2.40. The summed E-state index contributed by atoms with van der Waals surface area (Å²) in [5.41, 5.74) is 0.0259. The number of ether oxygens (including phenoxy) is 1. The number of allylic oxidation sites excluding steroid dienone is 1. The Hall–Kier alpha value is -0.510. The molecule has 0 aromatic rings. The first kappa shape index (κ1) is 13.6. The molecule has 0 aliphatic carbocycles. The van der Waals surface area contributed by atoms with Gasteiger partial charge in [-0.25, -0.2) is 8.42 Å². The summed E-state index contributed by atoms with van der Waals surface area (Å²) in [4.78, 5) is 0. The van der Waals surface area contributed by atoms with Gasteiger partial charge < -0.3 is 4.74 Å². The van der Waals surface area contributed by atoms with E-state index < -0.39 is 9.84 Å². The summed E-state index contributed by atoms with van der Waals surface area (Å²) in [7, 11) is -2.77. The zero-order valence-electron chi connectivity index (χ0n) is 10.2. The Morgan fingerprint density at radius 2 is 2.19 bits per heavy atom. The summed E-state index contributed by atoms with van der Waals surface area (Å²) in [6, 6.07) is 0. The molecular formula is C12H22O3S. The molecule has 1 aliphatic heterocycles. The van der Waals surface area contributed by atoms with Crippen LogP contribution < -0.4 is 0 Å². The van der Waals surface area contributed by atoms with Crippen molar-refractivity contribution < 1.29 is 13.2 Å². The van der Waals surface area contributed by atoms with Crippen LogP contribution in [0.15, 0.2) is 12.3 Å². The van der Waals surface area contributed by atoms with E-state index in [1.807, 2.05) is 13.0 Å². The van der Waals surface area contributed by atoms with Crippen LogP contribution in [-0.4, -0.2) is 26.5 Å². The maximum Gasteiger partial charge on any atom is 0.150 e. The van der Waals surface area contributed by atoms with Crippen molar-refractivity contribution in [3.8, 4) is 0 Å². The minimum atomic E-state index is -2.77. The zero-order valence-corrected chi connectivity index (χ0v) is 11.1. The van der Waals surface area contributed by atoms with Crippen LogP contribution in [-0.2, 0) is 14.6 Å². The third-order valence-electron chi connectivity index (χ3n) is 3.42. The summed E-state index contributed by atoms with van der Waals surface area (Å²) >= 11 is 0. The van der Waals surface area contributed by atoms with Crippen molar-refractivity contribution in [2.75, 3.05) is 18.1 Å². The molecule has 0 radical (unpaired) electrons. The van der Waals surface area contributed by atoms with Crippen molar-refractivity contribution in [1.82, 2.24) is 0 Å². The van der Waals surface area contributed by atoms with Crippen molar-refractivity contribution in [1.29, 1.82) is 0 Å². The lowest BCUT2D eigenvalue weighted by Gasteiger charge is -2.25. The summed E-state index contributed by atoms with van der Waals surface area (Å²) in [5.74, 6) is 0.747. The highest BCUT2D eigenvalue weighted by atomic mass is 32.2. The fourth-order valence-corrected chi connectivity index (χ4v) is 4.64. The van der Waals surface area contributed by atoms with Gasteiger partial charge in [0.1, 0.15) is 0 Å². The second kappa shape index (κ2) is 5.71. The number of rotatable bonds is 6. The van der Waals surface area contributed by atoms with Gasteiger partial charge in [0.2, 0.25) is 0 Å². The molecule has 1 aliphatic rings. The lowest BCUT2D eigenvalue weighted by molar-refractivity contribution is 0.205. The van der Waals surface area contributed by atoms with E-state index >= 15 is 0 Å². The van der Waals surface area contributed by atoms with Gasteiger partial charge in [0.25, 0.3) is 0 Å². The van der Waals surface area contributed by atoms with Gasteiger partial charge in [-0.2, -0.15) is 0 Å². The van der Waals surface area contributed by atoms with Crippen molar-refractivity contribution >= 4 is 9.84 Å². The predicted molar refractivity (Wildman–Crippen MR) is 66.0 cm³/mol. The molecule has 0 saturated carbocycles. The highest BCUT2D eigenvalue weighted by Crippen LogP contribution is 2.39. The standard InChI is InChI=1S/C12H22O3S/c1-3-8-15-9-5-6-12(4-2)7-10-16(13,14)11-12/h3,8H,4-7,9-11H2,1-2H3/b8-3+. The van der Waals surface area contributed by atoms with Gasteiger partial charge >= 0.3 is 0 Å². The lowest BCUT2D eigenvalue weighted by atomic mass is 9.80. The fourth-order valence-electron chi connectivity index (χ4n) is 2.33. The minimum Gasteiger partial charge on any atom is -0.502 e. The summed E-state index contributed by atoms with van der Waals surface area (Å²) in [6.07, 6.45) is 7.22. The predicted octanol–water partition coefficient (Wildman–Crippen LogP) is 2.53. The number of hydrogen-bond donors (Lipinski definition) is 0. The average Bonchev–Trinajstić information content (AvgIpc) is 2.55. The quantitative estimate of drug-likeness (QED) is 0.534. The van der Waals surface area contributed by atoms with E-state index in [1.54, 1.807) is 6.26 Å². The SMILES string of the molecule is C/C=C/OCCCC1(CC)CCS(=O)(=O)C1. The molecule has 0 aromatic heterocycles. The van der Waals surface area contributed by atoms with Crippen LogP contribution in [0.3, 0.4) is 0 Å². The Morgan fingerprint density at radius 1 is 1.44 bits per heavy atom. The van der Waals surface area contributed by atoms with Crippen LogP contribution in [0.4, 0.5) is 0 Å². The van der Waals surface area contributed by atoms with Gasteiger partial charge in [0.05, 0.1) is 24.4 Å². The molecule has 1 saturated heterocycles. The van der Waals surface area contributed by atoms with Crippen LogP contribution in [0.25, 0.3) is 0 Å². The molecular weight excluding hydrogens is 224 g/mol. The molecule has 1 atom stereocenters. The van der Waals surface area contributed by atoms with Gasteiger partial charge in [-0.3, -0.25) is 0 Å². The normalized spacial score (nSPS) is 28.6. The first-order valence-electron chi connectivity index (χ1n) is 5.97. The Kier molecular flexibility index (Phi) is 4.84. The summed E-state index contributed by atoms with van der Waals surface area (Å²) in [5, 5.41) is 0. The van der Waals surface area contributed by atoms with Crippen LogP contribution in [0.1, 0.15) is 39.5 Å². The molecule has 0 amide bonds. The number of sulfone groups is 1. The van der Waals surface area contributed by atoms with E-state index in [4.69, 9.17) is 4.74 Å². The maximum atomic E-state index is 11.5. The van der Waals surface area contributed by atoms with Crippen molar-refractivity contribution in [2.24, 2.45) is 5.41 Å². The topological polar surface area (TPSA) is 43.4 Å². The maximum absolute atomic E-state index is 11.5. The smallest absolute Gasteiger partial charge is 0.150 e. The van der Waals surface area contributed by atoms with Gasteiger partial charge in [0, 0.05) is 0 Å². The van der Waals surface area contributed by atoms with Crippen LogP contribution in [0.2, 0.25) is 0 Å². The van der Waals surface area contributed by atoms with Crippen molar-refractivity contribution in [3.63, 3.8) is 0 Å². The third kappa shape index (κ3) is 3.81. The van der Waals surface area contributed by atoms with E-state index in [-0.39, 0.29) is 5.41 Å². The van der Waals surface area contributed by atoms with Gasteiger partial charge in [-0.15, -0.1) is 0 Å². The van der Waals surface area contributed by atoms with Crippen LogP contribution in [0.5, 0.6) is 0 Å². The largest absolute Gasteiger partial charge is 0.502 e. The molecule has 94 valence electrons. The second-order valence-corrected chi connectivity index (χ2v) is 6.82. The van der Waals surface area contributed by atoms with Crippen LogP contribution >= 0.6 is 0 Å². The molecule has 16 heavy (non-hydrogen) atoms. The third-order valence-corrected chi connectivity index (χ3v) is 5.30. The van der Waals surface area contributed by atoms with Gasteiger partial charge in [-0.05, 0) is 38.0 Å². The van der Waals surface area contributed by atoms with Crippen molar-refractivity contribution in [3.05, 3.63) is 12.3 Å². The minimum absolute atomic E-state index is 0.0259. The molecule has 1 unspecified atom stereocenters. The molecule has 1 rings (SSSR count). The Labute approximate surface area is 98.8 Å². The molecule has 0 bridgehead atoms. The van der Waals surface area contributed by atoms with Crippen LogP contribution in [0, 0.1) is 5.41 Å².